The van der Waals surface area contributed by atoms with Gasteiger partial charge < -0.3 is 10.1 Å². The van der Waals surface area contributed by atoms with Gasteiger partial charge in [0.15, 0.2) is 0 Å². The van der Waals surface area contributed by atoms with Gasteiger partial charge in [0.05, 0.1) is 26.6 Å². The lowest BCUT2D eigenvalue weighted by atomic mass is 10.1. The Kier molecular flexibility index (Phi) is 6.66. The van der Waals surface area contributed by atoms with Gasteiger partial charge in [-0.15, -0.1) is 0 Å². The maximum absolute atomic E-state index is 12.2. The maximum Gasteiger partial charge on any atom is 0.228 e. The summed E-state index contributed by atoms with van der Waals surface area (Å²) < 4.78 is 6.57. The number of ether oxygens (including phenoxy) is 1. The number of para-hydroxylation sites is 1. The summed E-state index contributed by atoms with van der Waals surface area (Å²) in [6.07, 6.45) is 0.159. The van der Waals surface area contributed by atoms with Gasteiger partial charge in [-0.3, -0.25) is 4.79 Å². The van der Waals surface area contributed by atoms with Crippen LogP contribution in [-0.2, 0) is 11.2 Å². The quantitative estimate of drug-likeness (QED) is 0.409. The fourth-order valence-corrected chi connectivity index (χ4v) is 3.27. The van der Waals surface area contributed by atoms with Gasteiger partial charge in [0, 0.05) is 11.1 Å². The van der Waals surface area contributed by atoms with Crippen LogP contribution < -0.4 is 10.1 Å². The smallest absolute Gasteiger partial charge is 0.228 e. The molecule has 0 atom stereocenters. The van der Waals surface area contributed by atoms with Crippen molar-refractivity contribution in [3.05, 3.63) is 85.8 Å². The second kappa shape index (κ2) is 8.98. The summed E-state index contributed by atoms with van der Waals surface area (Å²) in [5.74, 6) is 0.828. The van der Waals surface area contributed by atoms with E-state index in [0.717, 1.165) is 10.0 Å². The van der Waals surface area contributed by atoms with E-state index in [1.54, 1.807) is 60.7 Å². The van der Waals surface area contributed by atoms with E-state index in [4.69, 9.17) is 39.5 Å². The third-order valence-electron chi connectivity index (χ3n) is 3.62. The van der Waals surface area contributed by atoms with Crippen LogP contribution in [0.25, 0.3) is 0 Å². The topological polar surface area (TPSA) is 38.3 Å². The minimum absolute atomic E-state index is 0.159. The van der Waals surface area contributed by atoms with Crippen molar-refractivity contribution in [3.63, 3.8) is 0 Å². The van der Waals surface area contributed by atoms with Gasteiger partial charge in [0.1, 0.15) is 11.5 Å². The first-order valence-corrected chi connectivity index (χ1v) is 9.81. The summed E-state index contributed by atoms with van der Waals surface area (Å²) in [7, 11) is 0. The minimum atomic E-state index is -0.189. The van der Waals surface area contributed by atoms with Gasteiger partial charge in [-0.1, -0.05) is 53.0 Å². The molecule has 3 aromatic carbocycles. The Bertz CT molecular complexity index is 995. The van der Waals surface area contributed by atoms with Crippen LogP contribution in [0.4, 0.5) is 5.69 Å². The SMILES string of the molecule is O=C(Cc1ccc(Oc2cc(Cl)ccc2Br)c(Cl)c1)Nc1ccccc1Cl. The number of carbonyl (C=O) groups excluding carboxylic acids is 1. The first-order chi connectivity index (χ1) is 12.9. The molecule has 0 bridgehead atoms. The molecule has 138 valence electrons. The van der Waals surface area contributed by atoms with Crippen LogP contribution in [0.5, 0.6) is 11.5 Å². The molecule has 27 heavy (non-hydrogen) atoms. The number of rotatable bonds is 5. The first-order valence-electron chi connectivity index (χ1n) is 7.88. The van der Waals surface area contributed by atoms with Gasteiger partial charge in [-0.25, -0.2) is 0 Å². The molecule has 0 aromatic heterocycles. The summed E-state index contributed by atoms with van der Waals surface area (Å²) in [5.41, 5.74) is 1.32. The molecule has 0 aliphatic carbocycles. The Labute approximate surface area is 180 Å². The van der Waals surface area contributed by atoms with Gasteiger partial charge in [-0.05, 0) is 57.9 Å². The maximum atomic E-state index is 12.2. The molecule has 3 aromatic rings. The molecule has 0 aliphatic rings. The number of anilines is 1. The molecule has 0 spiro atoms. The number of nitrogens with one attached hydrogen (secondary N) is 1. The predicted octanol–water partition coefficient (Wildman–Crippen LogP) is 7.38. The molecule has 0 aliphatic heterocycles. The molecule has 1 amide bonds. The molecule has 0 unspecified atom stereocenters. The van der Waals surface area contributed by atoms with Crippen molar-refractivity contribution in [1.29, 1.82) is 0 Å². The molecule has 0 heterocycles. The average molecular weight is 486 g/mol. The molecule has 3 rings (SSSR count). The van der Waals surface area contributed by atoms with E-state index in [9.17, 15) is 4.79 Å². The lowest BCUT2D eigenvalue weighted by molar-refractivity contribution is -0.115. The van der Waals surface area contributed by atoms with Crippen LogP contribution in [0.15, 0.2) is 65.1 Å². The Morgan fingerprint density at radius 1 is 0.926 bits per heavy atom. The van der Waals surface area contributed by atoms with Crippen molar-refractivity contribution < 1.29 is 9.53 Å². The monoisotopic (exact) mass is 483 g/mol. The zero-order valence-corrected chi connectivity index (χ0v) is 17.7. The first kappa shape index (κ1) is 20.0. The number of amides is 1. The fourth-order valence-electron chi connectivity index (χ4n) is 2.35. The second-order valence-electron chi connectivity index (χ2n) is 5.65. The molecule has 1 N–H and O–H groups in total. The van der Waals surface area contributed by atoms with Crippen LogP contribution in [0, 0.1) is 0 Å². The predicted molar refractivity (Wildman–Crippen MR) is 114 cm³/mol. The normalized spacial score (nSPS) is 10.5. The summed E-state index contributed by atoms with van der Waals surface area (Å²) in [6.45, 7) is 0. The molecule has 3 nitrogen and oxygen atoms in total. The van der Waals surface area contributed by atoms with Crippen LogP contribution in [-0.4, -0.2) is 5.91 Å². The summed E-state index contributed by atoms with van der Waals surface area (Å²) in [6, 6.07) is 17.5. The largest absolute Gasteiger partial charge is 0.455 e. The number of hydrogen-bond acceptors (Lipinski definition) is 2. The number of hydrogen-bond donors (Lipinski definition) is 1. The van der Waals surface area contributed by atoms with E-state index in [1.807, 2.05) is 0 Å². The number of carbonyl (C=O) groups is 1. The molecular formula is C20H13BrCl3NO2. The van der Waals surface area contributed by atoms with E-state index >= 15 is 0 Å². The van der Waals surface area contributed by atoms with Crippen molar-refractivity contribution in [1.82, 2.24) is 0 Å². The van der Waals surface area contributed by atoms with Crippen molar-refractivity contribution in [3.8, 4) is 11.5 Å². The minimum Gasteiger partial charge on any atom is -0.455 e. The van der Waals surface area contributed by atoms with Crippen LogP contribution in [0.1, 0.15) is 5.56 Å². The third kappa shape index (κ3) is 5.39. The lowest BCUT2D eigenvalue weighted by Gasteiger charge is -2.11. The van der Waals surface area contributed by atoms with Gasteiger partial charge in [0.25, 0.3) is 0 Å². The van der Waals surface area contributed by atoms with E-state index in [-0.39, 0.29) is 12.3 Å². The van der Waals surface area contributed by atoms with Crippen molar-refractivity contribution in [2.75, 3.05) is 5.32 Å². The molecular weight excluding hydrogens is 472 g/mol. The van der Waals surface area contributed by atoms with E-state index in [0.29, 0.717) is 32.3 Å². The zero-order chi connectivity index (χ0) is 19.4. The third-order valence-corrected chi connectivity index (χ3v) is 5.14. The number of benzene rings is 3. The molecule has 0 fully saturated rings. The molecule has 0 saturated carbocycles. The van der Waals surface area contributed by atoms with Crippen LogP contribution in [0.3, 0.4) is 0 Å². The molecule has 7 heteroatoms. The van der Waals surface area contributed by atoms with E-state index < -0.39 is 0 Å². The second-order valence-corrected chi connectivity index (χ2v) is 7.75. The lowest BCUT2D eigenvalue weighted by Crippen LogP contribution is -2.14. The Balaban J connectivity index is 1.70. The molecule has 0 radical (unpaired) electrons. The van der Waals surface area contributed by atoms with Crippen molar-refractivity contribution in [2.24, 2.45) is 0 Å². The summed E-state index contributed by atoms with van der Waals surface area (Å²) >= 11 is 21.8. The Morgan fingerprint density at radius 3 is 2.44 bits per heavy atom. The highest BCUT2D eigenvalue weighted by Gasteiger charge is 2.11. The standard InChI is InChI=1S/C20H13BrCl3NO2/c21-14-7-6-13(22)11-19(14)27-18-8-5-12(9-16(18)24)10-20(26)25-17-4-2-1-3-15(17)23/h1-9,11H,10H2,(H,25,26). The van der Waals surface area contributed by atoms with Crippen LogP contribution in [0.2, 0.25) is 15.1 Å². The fraction of sp³-hybridized carbons (Fsp3) is 0.0500. The van der Waals surface area contributed by atoms with E-state index in [2.05, 4.69) is 21.2 Å². The van der Waals surface area contributed by atoms with Gasteiger partial charge in [0.2, 0.25) is 5.91 Å². The zero-order valence-electron chi connectivity index (χ0n) is 13.8. The van der Waals surface area contributed by atoms with E-state index in [1.165, 1.54) is 0 Å². The highest BCUT2D eigenvalue weighted by atomic mass is 79.9. The van der Waals surface area contributed by atoms with Crippen molar-refractivity contribution >= 4 is 62.3 Å². The van der Waals surface area contributed by atoms with Crippen LogP contribution >= 0.6 is 50.7 Å². The summed E-state index contributed by atoms with van der Waals surface area (Å²) in [5, 5.41) is 4.21. The average Bonchev–Trinajstić information content (AvgIpc) is 2.62. The van der Waals surface area contributed by atoms with Gasteiger partial charge >= 0.3 is 0 Å². The van der Waals surface area contributed by atoms with Gasteiger partial charge in [-0.2, -0.15) is 0 Å². The number of halogens is 4. The molecule has 0 saturated heterocycles. The van der Waals surface area contributed by atoms with Crippen molar-refractivity contribution in [2.45, 2.75) is 6.42 Å². The Hall–Kier alpha value is -1.72. The highest BCUT2D eigenvalue weighted by molar-refractivity contribution is 9.10. The summed E-state index contributed by atoms with van der Waals surface area (Å²) in [4.78, 5) is 12.2. The Morgan fingerprint density at radius 2 is 1.70 bits per heavy atom. The highest BCUT2D eigenvalue weighted by Crippen LogP contribution is 2.35.